The van der Waals surface area contributed by atoms with Gasteiger partial charge in [-0.1, -0.05) is 0 Å². The van der Waals surface area contributed by atoms with Crippen LogP contribution in [0.5, 0.6) is 0 Å². The summed E-state index contributed by atoms with van der Waals surface area (Å²) in [6, 6.07) is 0. The van der Waals surface area contributed by atoms with Crippen LogP contribution in [-0.2, 0) is 0 Å². The van der Waals surface area contributed by atoms with Crippen LogP contribution in [0.4, 0.5) is 119 Å². The van der Waals surface area contributed by atoms with Crippen molar-refractivity contribution in [3.63, 3.8) is 0 Å². The number of hydrogen-bond donors (Lipinski definition) is 0. The number of halogens is 27. The maximum absolute atomic E-state index is 13.8. The molecule has 0 bridgehead atoms. The topological polar surface area (TPSA) is 0 Å². The molecule has 0 fully saturated rings. The van der Waals surface area contributed by atoms with Crippen LogP contribution in [0.1, 0.15) is 6.92 Å². The average Bonchev–Trinajstić information content (AvgIpc) is 3.13. The maximum atomic E-state index is 13.8. The minimum absolute atomic E-state index is 0.879. The van der Waals surface area contributed by atoms with Crippen molar-refractivity contribution in [1.29, 1.82) is 0 Å². The Morgan fingerprint density at radius 3 is 0.585 bits per heavy atom. The molecule has 1 atom stereocenters. The molecule has 0 N–H and O–H groups in total. The highest BCUT2D eigenvalue weighted by Crippen LogP contribution is 2.44. The molecule has 0 amide bonds. The van der Waals surface area contributed by atoms with Crippen molar-refractivity contribution in [2.75, 3.05) is 6.67 Å². The van der Waals surface area contributed by atoms with Crippen LogP contribution in [0.15, 0.2) is 128 Å². The summed E-state index contributed by atoms with van der Waals surface area (Å²) in [6.07, 6.45) is -6.45. The Kier molecular flexibility index (Phi) is 16.7. The van der Waals surface area contributed by atoms with Crippen molar-refractivity contribution < 1.29 is 119 Å². The molecule has 1 unspecified atom stereocenters. The Hall–Kier alpha value is -4.75. The Balaban J connectivity index is 7.27. The predicted octanol–water partition coefficient (Wildman–Crippen LogP) is 14.9. The Morgan fingerprint density at radius 1 is 0.283 bits per heavy atom. The molecule has 0 saturated carbocycles. The summed E-state index contributed by atoms with van der Waals surface area (Å²) < 4.78 is 360. The van der Waals surface area contributed by atoms with Gasteiger partial charge in [-0.25, -0.2) is 105 Å². The molecular formula is C26H5F27. The first-order chi connectivity index (χ1) is 23.9. The molecule has 298 valence electrons. The second-order valence-electron chi connectivity index (χ2n) is 8.63. The zero-order valence-corrected chi connectivity index (χ0v) is 23.9. The fourth-order valence-electron chi connectivity index (χ4n) is 2.34. The monoisotopic (exact) mass is 830 g/mol. The summed E-state index contributed by atoms with van der Waals surface area (Å²) in [4.78, 5) is 0. The van der Waals surface area contributed by atoms with E-state index in [1.54, 1.807) is 0 Å². The fourth-order valence-corrected chi connectivity index (χ4v) is 2.34. The molecule has 0 aromatic rings. The molecule has 27 heteroatoms. The van der Waals surface area contributed by atoms with Gasteiger partial charge in [0.25, 0.3) is 5.67 Å². The van der Waals surface area contributed by atoms with E-state index in [1.165, 1.54) is 0 Å². The fraction of sp³-hybridized carbons (Fsp3) is 0.154. The summed E-state index contributed by atoms with van der Waals surface area (Å²) in [5, 5.41) is 0. The molecule has 0 heterocycles. The summed E-state index contributed by atoms with van der Waals surface area (Å²) >= 11 is 0. The first-order valence-corrected chi connectivity index (χ1v) is 11.8. The molecule has 0 aliphatic heterocycles. The van der Waals surface area contributed by atoms with E-state index in [2.05, 4.69) is 0 Å². The molecular weight excluding hydrogens is 825 g/mol. The van der Waals surface area contributed by atoms with Crippen LogP contribution in [-0.4, -0.2) is 18.5 Å². The molecule has 0 nitrogen and oxygen atoms in total. The van der Waals surface area contributed by atoms with Crippen molar-refractivity contribution >= 4 is 0 Å². The van der Waals surface area contributed by atoms with E-state index in [9.17, 15) is 119 Å². The number of hydrogen-bond acceptors (Lipinski definition) is 0. The highest BCUT2D eigenvalue weighted by Gasteiger charge is 2.57. The summed E-state index contributed by atoms with van der Waals surface area (Å²) in [5.41, 5.74) is -5.53. The van der Waals surface area contributed by atoms with Gasteiger partial charge in [-0.05, 0) is 6.92 Å². The summed E-state index contributed by atoms with van der Waals surface area (Å²) in [5.74, 6) is -85.7. The second-order valence-corrected chi connectivity index (χ2v) is 8.63. The smallest absolute Gasteiger partial charge is 0.243 e. The van der Waals surface area contributed by atoms with E-state index < -0.39 is 154 Å². The third-order valence-corrected chi connectivity index (χ3v) is 5.15. The van der Waals surface area contributed by atoms with Crippen LogP contribution in [0.25, 0.3) is 0 Å². The van der Waals surface area contributed by atoms with Gasteiger partial charge in [0, 0.05) is 0 Å². The van der Waals surface area contributed by atoms with Crippen LogP contribution < -0.4 is 0 Å². The molecule has 0 spiro atoms. The molecule has 0 saturated heterocycles. The number of allylic oxidation sites excluding steroid dienone is 22. The lowest BCUT2D eigenvalue weighted by Gasteiger charge is -2.21. The van der Waals surface area contributed by atoms with Crippen molar-refractivity contribution in [3.05, 3.63) is 128 Å². The summed E-state index contributed by atoms with van der Waals surface area (Å²) in [6.45, 7) is -3.44. The zero-order chi connectivity index (χ0) is 42.4. The molecule has 53 heavy (non-hydrogen) atoms. The van der Waals surface area contributed by atoms with Crippen LogP contribution in [0, 0.1) is 0 Å². The van der Waals surface area contributed by atoms with Crippen molar-refractivity contribution in [3.8, 4) is 0 Å². The van der Waals surface area contributed by atoms with Gasteiger partial charge in [-0.15, -0.1) is 0 Å². The van der Waals surface area contributed by atoms with E-state index in [4.69, 9.17) is 0 Å². The molecule has 0 aliphatic carbocycles. The summed E-state index contributed by atoms with van der Waals surface area (Å²) in [7, 11) is 0. The van der Waals surface area contributed by atoms with Gasteiger partial charge in [0.1, 0.15) is 6.67 Å². The Labute approximate surface area is 273 Å². The SMILES string of the molecule is CC(F)(\C(F)=C(F)/C(F)=C(F)\C(F)=C(F)\C(F)=C(F)/C(F)=C(F)/C(F)=C(F)/C(F)=C(F)/C(F)=C(F)/C(F)=C(F)\C(F)=C(F)\C(F)=C(\F)CF)C(F)(F)F. The first kappa shape index (κ1) is 48.2. The van der Waals surface area contributed by atoms with Gasteiger partial charge in [0.2, 0.25) is 93.2 Å². The number of rotatable bonds is 12. The third-order valence-electron chi connectivity index (χ3n) is 5.15. The lowest BCUT2D eigenvalue weighted by Crippen LogP contribution is -2.39. The average molecular weight is 830 g/mol. The van der Waals surface area contributed by atoms with E-state index in [1.807, 2.05) is 0 Å². The Bertz CT molecular complexity index is 1850. The molecule has 0 aromatic carbocycles. The van der Waals surface area contributed by atoms with Crippen LogP contribution in [0.3, 0.4) is 0 Å². The van der Waals surface area contributed by atoms with Gasteiger partial charge in [0.05, 0.1) is 0 Å². The Morgan fingerprint density at radius 2 is 0.434 bits per heavy atom. The lowest BCUT2D eigenvalue weighted by atomic mass is 10.1. The van der Waals surface area contributed by atoms with E-state index in [-0.39, 0.29) is 0 Å². The van der Waals surface area contributed by atoms with E-state index in [0.29, 0.717) is 0 Å². The minimum atomic E-state index is -6.45. The van der Waals surface area contributed by atoms with Gasteiger partial charge < -0.3 is 0 Å². The van der Waals surface area contributed by atoms with Crippen molar-refractivity contribution in [1.82, 2.24) is 0 Å². The zero-order valence-electron chi connectivity index (χ0n) is 23.9. The molecule has 0 rings (SSSR count). The van der Waals surface area contributed by atoms with Gasteiger partial charge in [-0.3, -0.25) is 0 Å². The highest BCUT2D eigenvalue weighted by atomic mass is 19.4. The standard InChI is InChI=1S/C26H5F27/c1-25(50,26(51,52)53)24(49)23(48)22(47)21(46)20(45)19(44)18(43)17(42)16(41)15(40)14(39)13(38)12(37)11(36)10(35)9(34)8(33)7(32)6(31)5(30)4(29)3(28)2-27/h2H2,1H3/b4-3-,6-5+,8-7-,10-9+,12-11+,14-13+,16-15+,18-17-,20-19+,22-21-,24-23-. The third kappa shape index (κ3) is 10.4. The lowest BCUT2D eigenvalue weighted by molar-refractivity contribution is -0.215. The second kappa shape index (κ2) is 18.3. The normalized spacial score (nSPS) is 19.5. The minimum Gasteiger partial charge on any atom is -0.243 e. The van der Waals surface area contributed by atoms with E-state index >= 15 is 0 Å². The maximum Gasteiger partial charge on any atom is 0.428 e. The van der Waals surface area contributed by atoms with Crippen LogP contribution >= 0.6 is 0 Å². The quantitative estimate of drug-likeness (QED) is 0.136. The highest BCUT2D eigenvalue weighted by molar-refractivity contribution is 5.46. The first-order valence-electron chi connectivity index (χ1n) is 11.8. The van der Waals surface area contributed by atoms with Gasteiger partial charge in [0.15, 0.2) is 35.0 Å². The molecule has 0 radical (unpaired) electrons. The molecule has 0 aromatic heterocycles. The van der Waals surface area contributed by atoms with Crippen molar-refractivity contribution in [2.45, 2.75) is 18.8 Å². The van der Waals surface area contributed by atoms with E-state index in [0.717, 1.165) is 0 Å². The predicted molar refractivity (Wildman–Crippen MR) is 123 cm³/mol. The largest absolute Gasteiger partial charge is 0.428 e. The molecule has 0 aliphatic rings. The van der Waals surface area contributed by atoms with Gasteiger partial charge in [-0.2, -0.15) is 13.2 Å². The van der Waals surface area contributed by atoms with Crippen LogP contribution in [0.2, 0.25) is 0 Å². The van der Waals surface area contributed by atoms with Gasteiger partial charge >= 0.3 is 6.18 Å². The van der Waals surface area contributed by atoms with Crippen molar-refractivity contribution in [2.24, 2.45) is 0 Å². The number of alkyl halides is 5.